The molecule has 5 heteroatoms. The van der Waals surface area contributed by atoms with E-state index in [9.17, 15) is 4.79 Å². The number of anilines is 1. The van der Waals surface area contributed by atoms with Gasteiger partial charge in [-0.25, -0.2) is 0 Å². The third kappa shape index (κ3) is 4.87. The third-order valence-electron chi connectivity index (χ3n) is 3.69. The van der Waals surface area contributed by atoms with Crippen LogP contribution < -0.4 is 5.32 Å². The highest BCUT2D eigenvalue weighted by Gasteiger charge is 2.12. The number of amides is 1. The molecule has 0 heterocycles. The van der Waals surface area contributed by atoms with Crippen molar-refractivity contribution in [2.24, 2.45) is 0 Å². The van der Waals surface area contributed by atoms with Crippen LogP contribution in [0.15, 0.2) is 77.7 Å². The van der Waals surface area contributed by atoms with Crippen LogP contribution in [0.3, 0.4) is 0 Å². The van der Waals surface area contributed by atoms with Gasteiger partial charge in [0.25, 0.3) is 5.91 Å². The fourth-order valence-corrected chi connectivity index (χ4v) is 3.93. The van der Waals surface area contributed by atoms with Gasteiger partial charge in [-0.05, 0) is 70.6 Å². The van der Waals surface area contributed by atoms with Gasteiger partial charge in [-0.2, -0.15) is 5.26 Å². The lowest BCUT2D eigenvalue weighted by Crippen LogP contribution is -2.13. The van der Waals surface area contributed by atoms with Crippen molar-refractivity contribution in [1.29, 1.82) is 5.26 Å². The van der Waals surface area contributed by atoms with Crippen LogP contribution in [0, 0.1) is 14.9 Å². The number of carbonyl (C=O) groups is 1. The summed E-state index contributed by atoms with van der Waals surface area (Å²) >= 11 is 3.83. The molecule has 0 aliphatic rings. The van der Waals surface area contributed by atoms with Gasteiger partial charge in [0.1, 0.15) is 0 Å². The van der Waals surface area contributed by atoms with Crippen molar-refractivity contribution >= 4 is 45.9 Å². The van der Waals surface area contributed by atoms with E-state index >= 15 is 0 Å². The summed E-state index contributed by atoms with van der Waals surface area (Å²) in [5.74, 6) is 0.620. The first-order valence-corrected chi connectivity index (χ1v) is 10.00. The Labute approximate surface area is 170 Å². The number of nitriles is 1. The van der Waals surface area contributed by atoms with Crippen molar-refractivity contribution in [2.75, 3.05) is 5.32 Å². The number of hydrogen-bond donors (Lipinski definition) is 1. The number of nitrogens with one attached hydrogen (secondary N) is 1. The van der Waals surface area contributed by atoms with E-state index in [1.54, 1.807) is 11.8 Å². The van der Waals surface area contributed by atoms with Crippen LogP contribution in [0.5, 0.6) is 0 Å². The molecule has 0 unspecified atom stereocenters. The molecule has 1 N–H and O–H groups in total. The van der Waals surface area contributed by atoms with E-state index < -0.39 is 0 Å². The van der Waals surface area contributed by atoms with E-state index in [-0.39, 0.29) is 5.91 Å². The van der Waals surface area contributed by atoms with E-state index in [1.165, 1.54) is 0 Å². The van der Waals surface area contributed by atoms with Gasteiger partial charge in [-0.15, -0.1) is 11.8 Å². The molecule has 3 rings (SSSR count). The smallest absolute Gasteiger partial charge is 0.256 e. The van der Waals surface area contributed by atoms with Gasteiger partial charge in [0.05, 0.1) is 17.2 Å². The Morgan fingerprint density at radius 1 is 1.04 bits per heavy atom. The fraction of sp³-hybridized carbons (Fsp3) is 0.0476. The average molecular weight is 470 g/mol. The van der Waals surface area contributed by atoms with Crippen molar-refractivity contribution in [2.45, 2.75) is 10.6 Å². The second-order valence-corrected chi connectivity index (χ2v) is 7.82. The Bertz CT molecular complexity index is 964. The maximum atomic E-state index is 12.7. The minimum atomic E-state index is -0.116. The minimum absolute atomic E-state index is 0.116. The monoisotopic (exact) mass is 470 g/mol. The summed E-state index contributed by atoms with van der Waals surface area (Å²) in [5, 5.41) is 11.8. The zero-order chi connectivity index (χ0) is 18.4. The topological polar surface area (TPSA) is 52.9 Å². The van der Waals surface area contributed by atoms with Gasteiger partial charge >= 0.3 is 0 Å². The summed E-state index contributed by atoms with van der Waals surface area (Å²) < 4.78 is 1.07. The Morgan fingerprint density at radius 3 is 2.54 bits per heavy atom. The van der Waals surface area contributed by atoms with E-state index in [2.05, 4.69) is 34.0 Å². The minimum Gasteiger partial charge on any atom is -0.322 e. The normalized spacial score (nSPS) is 10.2. The van der Waals surface area contributed by atoms with Crippen LogP contribution >= 0.6 is 34.4 Å². The number of thioether (sulfide) groups is 1. The quantitative estimate of drug-likeness (QED) is 0.384. The molecule has 0 radical (unpaired) electrons. The van der Waals surface area contributed by atoms with Gasteiger partial charge in [0.15, 0.2) is 0 Å². The van der Waals surface area contributed by atoms with Gasteiger partial charge in [-0.3, -0.25) is 4.79 Å². The second kappa shape index (κ2) is 8.88. The van der Waals surface area contributed by atoms with Crippen LogP contribution in [0.2, 0.25) is 0 Å². The lowest BCUT2D eigenvalue weighted by Gasteiger charge is -2.10. The zero-order valence-electron chi connectivity index (χ0n) is 13.8. The molecule has 0 saturated carbocycles. The van der Waals surface area contributed by atoms with E-state index in [1.807, 2.05) is 72.8 Å². The van der Waals surface area contributed by atoms with Gasteiger partial charge < -0.3 is 5.32 Å². The largest absolute Gasteiger partial charge is 0.322 e. The summed E-state index contributed by atoms with van der Waals surface area (Å²) in [4.78, 5) is 13.6. The number of halogens is 1. The van der Waals surface area contributed by atoms with Gasteiger partial charge in [-0.1, -0.05) is 30.3 Å². The zero-order valence-corrected chi connectivity index (χ0v) is 16.8. The van der Waals surface area contributed by atoms with Crippen LogP contribution in [-0.4, -0.2) is 5.91 Å². The molecule has 0 atom stereocenters. The molecular weight excluding hydrogens is 455 g/mol. The number of hydrogen-bond acceptors (Lipinski definition) is 3. The number of carbonyl (C=O) groups excluding carboxylic acids is 1. The summed E-state index contributed by atoms with van der Waals surface area (Å²) in [6.45, 7) is 0. The molecule has 0 aliphatic heterocycles. The average Bonchev–Trinajstić information content (AvgIpc) is 2.67. The van der Waals surface area contributed by atoms with Crippen molar-refractivity contribution < 1.29 is 4.79 Å². The molecule has 1 amide bonds. The molecule has 0 aliphatic carbocycles. The molecule has 3 aromatic carbocycles. The molecule has 3 aromatic rings. The van der Waals surface area contributed by atoms with Crippen molar-refractivity contribution in [3.05, 3.63) is 93.1 Å². The molecule has 0 aromatic heterocycles. The van der Waals surface area contributed by atoms with E-state index in [4.69, 9.17) is 5.26 Å². The summed E-state index contributed by atoms with van der Waals surface area (Å²) in [6.07, 6.45) is 0. The lowest BCUT2D eigenvalue weighted by molar-refractivity contribution is 0.102. The maximum absolute atomic E-state index is 12.7. The Balaban J connectivity index is 1.72. The van der Waals surface area contributed by atoms with Crippen LogP contribution in [-0.2, 0) is 5.75 Å². The summed E-state index contributed by atoms with van der Waals surface area (Å²) in [7, 11) is 0. The lowest BCUT2D eigenvalue weighted by atomic mass is 10.2. The second-order valence-electron chi connectivity index (χ2n) is 5.56. The van der Waals surface area contributed by atoms with E-state index in [0.717, 1.165) is 25.5 Å². The predicted molar refractivity (Wildman–Crippen MR) is 114 cm³/mol. The molecule has 26 heavy (non-hydrogen) atoms. The number of nitrogens with zero attached hydrogens (tertiary/aromatic N) is 1. The standard InChI is InChI=1S/C21H15IN2OS/c22-17-4-3-5-18(12-17)24-21(25)19-6-1-2-7-20(19)26-14-16-10-8-15(13-23)9-11-16/h1-12H,14H2,(H,24,25). The number of benzene rings is 3. The fourth-order valence-electron chi connectivity index (χ4n) is 2.38. The van der Waals surface area contributed by atoms with Crippen LogP contribution in [0.25, 0.3) is 0 Å². The Morgan fingerprint density at radius 2 is 1.81 bits per heavy atom. The third-order valence-corrected chi connectivity index (χ3v) is 5.51. The van der Waals surface area contributed by atoms with Gasteiger partial charge in [0.2, 0.25) is 0 Å². The Kier molecular flexibility index (Phi) is 6.31. The maximum Gasteiger partial charge on any atom is 0.256 e. The Hall–Kier alpha value is -2.30. The highest BCUT2D eigenvalue weighted by atomic mass is 127. The van der Waals surface area contributed by atoms with Crippen molar-refractivity contribution in [3.63, 3.8) is 0 Å². The molecule has 128 valence electrons. The highest BCUT2D eigenvalue weighted by molar-refractivity contribution is 14.1. The first-order chi connectivity index (χ1) is 12.7. The molecule has 0 spiro atoms. The van der Waals surface area contributed by atoms with E-state index in [0.29, 0.717) is 11.1 Å². The molecule has 0 fully saturated rings. The first-order valence-electron chi connectivity index (χ1n) is 7.93. The molecule has 0 bridgehead atoms. The SMILES string of the molecule is N#Cc1ccc(CSc2ccccc2C(=O)Nc2cccc(I)c2)cc1. The first kappa shape index (κ1) is 18.5. The molecule has 3 nitrogen and oxygen atoms in total. The van der Waals surface area contributed by atoms with Crippen LogP contribution in [0.1, 0.15) is 21.5 Å². The predicted octanol–water partition coefficient (Wildman–Crippen LogP) is 5.71. The molecular formula is C21H15IN2OS. The summed E-state index contributed by atoms with van der Waals surface area (Å²) in [5.41, 5.74) is 3.21. The van der Waals surface area contributed by atoms with Crippen molar-refractivity contribution in [3.8, 4) is 6.07 Å². The van der Waals surface area contributed by atoms with Gasteiger partial charge in [0, 0.05) is 19.9 Å². The van der Waals surface area contributed by atoms with Crippen molar-refractivity contribution in [1.82, 2.24) is 0 Å². The molecule has 0 saturated heterocycles. The summed E-state index contributed by atoms with van der Waals surface area (Å²) in [6, 6.07) is 24.9. The number of rotatable bonds is 5. The van der Waals surface area contributed by atoms with Crippen LogP contribution in [0.4, 0.5) is 5.69 Å². The highest BCUT2D eigenvalue weighted by Crippen LogP contribution is 2.27.